The molecule has 1 saturated heterocycles. The highest BCUT2D eigenvalue weighted by Gasteiger charge is 2.25. The summed E-state index contributed by atoms with van der Waals surface area (Å²) in [4.78, 5) is 19.2. The van der Waals surface area contributed by atoms with Crippen molar-refractivity contribution in [1.82, 2.24) is 4.90 Å². The zero-order valence-electron chi connectivity index (χ0n) is 8.58. The molecule has 0 bridgehead atoms. The van der Waals surface area contributed by atoms with Gasteiger partial charge in [0.1, 0.15) is 0 Å². The lowest BCUT2D eigenvalue weighted by Crippen LogP contribution is -2.43. The molecule has 1 aliphatic rings. The molecular weight excluding hydrogens is 221 g/mol. The van der Waals surface area contributed by atoms with Crippen molar-refractivity contribution in [3.8, 4) is 0 Å². The normalized spacial score (nSPS) is 24.3. The molecule has 0 aliphatic carbocycles. The Bertz CT molecular complexity index is 229. The second-order valence-electron chi connectivity index (χ2n) is 3.70. The highest BCUT2D eigenvalue weighted by Crippen LogP contribution is 2.36. The van der Waals surface area contributed by atoms with Crippen LogP contribution in [0.1, 0.15) is 19.3 Å². The van der Waals surface area contributed by atoms with E-state index in [-0.39, 0.29) is 19.3 Å². The van der Waals surface area contributed by atoms with E-state index in [4.69, 9.17) is 14.9 Å². The standard InChI is InChI=1S/C8H18NO5P/c10-6-5-9-4-2-1-3-8(9)7-14-15(11,12)13/h8,10H,1-7H2,(H2,11,12,13). The zero-order chi connectivity index (χ0) is 11.3. The van der Waals surface area contributed by atoms with Gasteiger partial charge in [0.25, 0.3) is 0 Å². The van der Waals surface area contributed by atoms with Gasteiger partial charge in [-0.2, -0.15) is 0 Å². The number of nitrogens with zero attached hydrogens (tertiary/aromatic N) is 1. The Labute approximate surface area is 89.1 Å². The Morgan fingerprint density at radius 3 is 2.73 bits per heavy atom. The maximum atomic E-state index is 10.5. The van der Waals surface area contributed by atoms with Gasteiger partial charge in [-0.1, -0.05) is 6.42 Å². The molecule has 0 saturated carbocycles. The lowest BCUT2D eigenvalue weighted by molar-refractivity contribution is 0.0690. The number of hydrogen-bond donors (Lipinski definition) is 3. The molecule has 0 amide bonds. The third-order valence-electron chi connectivity index (χ3n) is 2.57. The molecule has 1 rings (SSSR count). The fourth-order valence-electron chi connectivity index (χ4n) is 1.85. The number of β-amino-alcohol motifs (C(OH)–C–C–N with tert-alkyl or cyclic N) is 1. The van der Waals surface area contributed by atoms with Crippen LogP contribution in [0.2, 0.25) is 0 Å². The number of phosphoric ester groups is 1. The van der Waals surface area contributed by atoms with E-state index >= 15 is 0 Å². The minimum atomic E-state index is -4.37. The third kappa shape index (κ3) is 5.06. The summed E-state index contributed by atoms with van der Waals surface area (Å²) in [6.07, 6.45) is 2.96. The Morgan fingerprint density at radius 1 is 1.40 bits per heavy atom. The molecule has 0 aromatic carbocycles. The minimum absolute atomic E-state index is 0.0125. The van der Waals surface area contributed by atoms with Crippen LogP contribution in [0.4, 0.5) is 0 Å². The van der Waals surface area contributed by atoms with Crippen LogP contribution >= 0.6 is 7.82 Å². The van der Waals surface area contributed by atoms with Crippen molar-refractivity contribution in [1.29, 1.82) is 0 Å². The molecule has 90 valence electrons. The molecule has 1 unspecified atom stereocenters. The van der Waals surface area contributed by atoms with E-state index < -0.39 is 7.82 Å². The van der Waals surface area contributed by atoms with Crippen molar-refractivity contribution < 1.29 is 24.0 Å². The number of aliphatic hydroxyl groups is 1. The maximum Gasteiger partial charge on any atom is 0.469 e. The summed E-state index contributed by atoms with van der Waals surface area (Å²) in [5.74, 6) is 0. The molecule has 1 aliphatic heterocycles. The predicted molar refractivity (Wildman–Crippen MR) is 54.3 cm³/mol. The third-order valence-corrected chi connectivity index (χ3v) is 3.06. The van der Waals surface area contributed by atoms with Crippen LogP contribution in [0, 0.1) is 0 Å². The van der Waals surface area contributed by atoms with Gasteiger partial charge in [0, 0.05) is 12.6 Å². The topological polar surface area (TPSA) is 90.2 Å². The molecule has 0 spiro atoms. The number of hydrogen-bond acceptors (Lipinski definition) is 4. The molecule has 6 nitrogen and oxygen atoms in total. The summed E-state index contributed by atoms with van der Waals surface area (Å²) >= 11 is 0. The van der Waals surface area contributed by atoms with Gasteiger partial charge in [-0.25, -0.2) is 4.57 Å². The first-order valence-corrected chi connectivity index (χ1v) is 6.61. The van der Waals surface area contributed by atoms with Gasteiger partial charge in [0.05, 0.1) is 13.2 Å². The van der Waals surface area contributed by atoms with Gasteiger partial charge in [0.15, 0.2) is 0 Å². The van der Waals surface area contributed by atoms with Crippen LogP contribution in [0.25, 0.3) is 0 Å². The number of piperidine rings is 1. The molecule has 0 aromatic rings. The van der Waals surface area contributed by atoms with Crippen LogP contribution in [0.3, 0.4) is 0 Å². The van der Waals surface area contributed by atoms with Gasteiger partial charge in [-0.15, -0.1) is 0 Å². The van der Waals surface area contributed by atoms with Crippen molar-refractivity contribution in [2.24, 2.45) is 0 Å². The predicted octanol–water partition coefficient (Wildman–Crippen LogP) is -0.0575. The number of rotatable bonds is 5. The lowest BCUT2D eigenvalue weighted by Gasteiger charge is -2.34. The molecule has 3 N–H and O–H groups in total. The van der Waals surface area contributed by atoms with E-state index in [2.05, 4.69) is 4.52 Å². The SMILES string of the molecule is O=P(O)(O)OCC1CCCCN1CCO. The van der Waals surface area contributed by atoms with E-state index in [1.807, 2.05) is 4.90 Å². The van der Waals surface area contributed by atoms with Crippen molar-refractivity contribution in [3.05, 3.63) is 0 Å². The van der Waals surface area contributed by atoms with E-state index in [1.54, 1.807) is 0 Å². The van der Waals surface area contributed by atoms with Crippen LogP contribution in [-0.2, 0) is 9.09 Å². The molecule has 15 heavy (non-hydrogen) atoms. The fourth-order valence-corrected chi connectivity index (χ4v) is 2.22. The van der Waals surface area contributed by atoms with Crippen LogP contribution < -0.4 is 0 Å². The summed E-state index contributed by atoms with van der Waals surface area (Å²) in [7, 11) is -4.37. The summed E-state index contributed by atoms with van der Waals surface area (Å²) in [6.45, 7) is 1.49. The molecule has 0 aromatic heterocycles. The molecule has 1 heterocycles. The highest BCUT2D eigenvalue weighted by atomic mass is 31.2. The average molecular weight is 239 g/mol. The smallest absolute Gasteiger partial charge is 0.395 e. The number of aliphatic hydroxyl groups excluding tert-OH is 1. The van der Waals surface area contributed by atoms with E-state index in [0.717, 1.165) is 25.8 Å². The monoisotopic (exact) mass is 239 g/mol. The summed E-state index contributed by atoms with van der Waals surface area (Å²) in [5.41, 5.74) is 0. The Kier molecular flexibility index (Phi) is 5.18. The molecule has 1 fully saturated rings. The van der Waals surface area contributed by atoms with Crippen molar-refractivity contribution >= 4 is 7.82 Å². The quantitative estimate of drug-likeness (QED) is 0.582. The van der Waals surface area contributed by atoms with Crippen molar-refractivity contribution in [2.45, 2.75) is 25.3 Å². The maximum absolute atomic E-state index is 10.5. The van der Waals surface area contributed by atoms with Gasteiger partial charge in [-0.3, -0.25) is 9.42 Å². The summed E-state index contributed by atoms with van der Waals surface area (Å²) in [6, 6.07) is 0.0125. The van der Waals surface area contributed by atoms with Gasteiger partial charge < -0.3 is 14.9 Å². The van der Waals surface area contributed by atoms with E-state index in [9.17, 15) is 4.57 Å². The lowest BCUT2D eigenvalue weighted by atomic mass is 10.0. The average Bonchev–Trinajstić information content (AvgIpc) is 2.16. The first-order chi connectivity index (χ1) is 7.03. The molecule has 1 atom stereocenters. The second-order valence-corrected chi connectivity index (χ2v) is 4.93. The number of likely N-dealkylation sites (tertiary alicyclic amines) is 1. The Hall–Kier alpha value is 0.0300. The zero-order valence-corrected chi connectivity index (χ0v) is 9.47. The van der Waals surface area contributed by atoms with Crippen LogP contribution in [0.5, 0.6) is 0 Å². The number of phosphoric acid groups is 1. The van der Waals surface area contributed by atoms with Crippen LogP contribution in [-0.4, -0.2) is 52.1 Å². The first-order valence-electron chi connectivity index (χ1n) is 5.08. The van der Waals surface area contributed by atoms with Gasteiger partial charge in [0.2, 0.25) is 0 Å². The van der Waals surface area contributed by atoms with E-state index in [0.29, 0.717) is 6.54 Å². The fraction of sp³-hybridized carbons (Fsp3) is 1.00. The molecule has 0 radical (unpaired) electrons. The van der Waals surface area contributed by atoms with Gasteiger partial charge in [-0.05, 0) is 19.4 Å². The summed E-state index contributed by atoms with van der Waals surface area (Å²) in [5, 5.41) is 8.83. The molecule has 7 heteroatoms. The second kappa shape index (κ2) is 5.94. The minimum Gasteiger partial charge on any atom is -0.395 e. The van der Waals surface area contributed by atoms with Gasteiger partial charge >= 0.3 is 7.82 Å². The van der Waals surface area contributed by atoms with Crippen LogP contribution in [0.15, 0.2) is 0 Å². The van der Waals surface area contributed by atoms with Crippen molar-refractivity contribution in [3.63, 3.8) is 0 Å². The Morgan fingerprint density at radius 2 is 2.13 bits per heavy atom. The summed E-state index contributed by atoms with van der Waals surface area (Å²) < 4.78 is 15.0. The van der Waals surface area contributed by atoms with E-state index in [1.165, 1.54) is 0 Å². The van der Waals surface area contributed by atoms with Crippen molar-refractivity contribution in [2.75, 3.05) is 26.3 Å². The first kappa shape index (κ1) is 13.1. The largest absolute Gasteiger partial charge is 0.469 e. The highest BCUT2D eigenvalue weighted by molar-refractivity contribution is 7.46. The molecular formula is C8H18NO5P. The Balaban J connectivity index is 2.39.